The van der Waals surface area contributed by atoms with E-state index in [-0.39, 0.29) is 5.97 Å². The number of esters is 1. The van der Waals surface area contributed by atoms with Gasteiger partial charge in [0.05, 0.1) is 19.8 Å². The Kier molecular flexibility index (Phi) is 3.50. The molecule has 3 aromatic rings. The van der Waals surface area contributed by atoms with Gasteiger partial charge in [-0.25, -0.2) is 9.78 Å². The van der Waals surface area contributed by atoms with Crippen molar-refractivity contribution in [1.82, 2.24) is 9.97 Å². The first-order valence-electron chi connectivity index (χ1n) is 6.63. The second-order valence-corrected chi connectivity index (χ2v) is 4.71. The lowest BCUT2D eigenvalue weighted by molar-refractivity contribution is 0.0600. The standard InChI is InChI=1S/C16H14N2O4/c1-9-8-12(20-2)13-14(17-9)18-15(22-13)10-4-6-11(7-5-10)16(19)21-3/h4-8H,1-3H3. The predicted octanol–water partition coefficient (Wildman–Crippen LogP) is 2.99. The number of fused-ring (bicyclic) bond motifs is 1. The second kappa shape index (κ2) is 5.48. The number of benzene rings is 1. The normalized spacial score (nSPS) is 10.7. The van der Waals surface area contributed by atoms with Gasteiger partial charge >= 0.3 is 5.97 Å². The number of methoxy groups -OCH3 is 2. The van der Waals surface area contributed by atoms with E-state index in [2.05, 4.69) is 14.7 Å². The molecule has 1 aromatic carbocycles. The van der Waals surface area contributed by atoms with Crippen LogP contribution < -0.4 is 4.74 Å². The van der Waals surface area contributed by atoms with E-state index >= 15 is 0 Å². The first-order chi connectivity index (χ1) is 10.6. The summed E-state index contributed by atoms with van der Waals surface area (Å²) in [5.41, 5.74) is 2.99. The van der Waals surface area contributed by atoms with Gasteiger partial charge in [0, 0.05) is 17.3 Å². The highest BCUT2D eigenvalue weighted by molar-refractivity contribution is 5.90. The molecular weight excluding hydrogens is 284 g/mol. The van der Waals surface area contributed by atoms with Crippen LogP contribution in [0.4, 0.5) is 0 Å². The summed E-state index contributed by atoms with van der Waals surface area (Å²) < 4.78 is 15.7. The molecule has 112 valence electrons. The Morgan fingerprint density at radius 2 is 1.86 bits per heavy atom. The van der Waals surface area contributed by atoms with Crippen LogP contribution in [0.15, 0.2) is 34.7 Å². The molecule has 2 aromatic heterocycles. The molecule has 0 aliphatic heterocycles. The van der Waals surface area contributed by atoms with Gasteiger partial charge in [-0.2, -0.15) is 4.98 Å². The molecule has 0 atom stereocenters. The topological polar surface area (TPSA) is 74.5 Å². The molecular formula is C16H14N2O4. The third kappa shape index (κ3) is 2.39. The minimum Gasteiger partial charge on any atom is -0.493 e. The summed E-state index contributed by atoms with van der Waals surface area (Å²) in [6.45, 7) is 1.86. The quantitative estimate of drug-likeness (QED) is 0.692. The first-order valence-corrected chi connectivity index (χ1v) is 6.63. The van der Waals surface area contributed by atoms with Crippen LogP contribution in [0.1, 0.15) is 16.1 Å². The maximum atomic E-state index is 11.4. The fraction of sp³-hybridized carbons (Fsp3) is 0.188. The van der Waals surface area contributed by atoms with Crippen LogP contribution in [-0.2, 0) is 4.74 Å². The molecule has 0 aliphatic rings. The van der Waals surface area contributed by atoms with Gasteiger partial charge in [-0.3, -0.25) is 0 Å². The van der Waals surface area contributed by atoms with Crippen LogP contribution in [0.25, 0.3) is 22.7 Å². The van der Waals surface area contributed by atoms with Crippen LogP contribution in [0, 0.1) is 6.92 Å². The molecule has 22 heavy (non-hydrogen) atoms. The van der Waals surface area contributed by atoms with E-state index in [0.717, 1.165) is 11.3 Å². The van der Waals surface area contributed by atoms with Gasteiger partial charge < -0.3 is 13.9 Å². The average Bonchev–Trinajstić information content (AvgIpc) is 2.97. The van der Waals surface area contributed by atoms with Crippen LogP contribution in [0.5, 0.6) is 5.75 Å². The number of nitrogens with zero attached hydrogens (tertiary/aromatic N) is 2. The summed E-state index contributed by atoms with van der Waals surface area (Å²) in [5, 5.41) is 0. The van der Waals surface area contributed by atoms with Gasteiger partial charge in [0.2, 0.25) is 17.1 Å². The summed E-state index contributed by atoms with van der Waals surface area (Å²) in [6, 6.07) is 8.60. The smallest absolute Gasteiger partial charge is 0.337 e. The van der Waals surface area contributed by atoms with Crippen molar-refractivity contribution in [3.8, 4) is 17.2 Å². The Morgan fingerprint density at radius 1 is 1.14 bits per heavy atom. The van der Waals surface area contributed by atoms with E-state index < -0.39 is 0 Å². The lowest BCUT2D eigenvalue weighted by Crippen LogP contribution is -2.00. The van der Waals surface area contributed by atoms with Crippen LogP contribution in [0.2, 0.25) is 0 Å². The zero-order valence-electron chi connectivity index (χ0n) is 12.4. The Balaban J connectivity index is 2.05. The number of rotatable bonds is 3. The number of pyridine rings is 1. The molecule has 0 spiro atoms. The number of carbonyl (C=O) groups excluding carboxylic acids is 1. The van der Waals surface area contributed by atoms with Crippen molar-refractivity contribution >= 4 is 17.2 Å². The molecule has 6 nitrogen and oxygen atoms in total. The van der Waals surface area contributed by atoms with Gasteiger partial charge in [-0.05, 0) is 31.2 Å². The number of oxazole rings is 1. The van der Waals surface area contributed by atoms with Gasteiger partial charge in [-0.15, -0.1) is 0 Å². The maximum absolute atomic E-state index is 11.4. The average molecular weight is 298 g/mol. The molecule has 2 heterocycles. The molecule has 6 heteroatoms. The summed E-state index contributed by atoms with van der Waals surface area (Å²) in [7, 11) is 2.92. The summed E-state index contributed by atoms with van der Waals surface area (Å²) >= 11 is 0. The van der Waals surface area contributed by atoms with E-state index in [1.165, 1.54) is 7.11 Å². The SMILES string of the molecule is COC(=O)c1ccc(-c2nc3nc(C)cc(OC)c3o2)cc1. The van der Waals surface area contributed by atoms with Gasteiger partial charge in [0.1, 0.15) is 0 Å². The Bertz CT molecular complexity index is 837. The van der Waals surface area contributed by atoms with E-state index in [1.807, 2.05) is 6.92 Å². The summed E-state index contributed by atoms with van der Waals surface area (Å²) in [4.78, 5) is 20.1. The molecule has 0 unspecified atom stereocenters. The zero-order valence-corrected chi connectivity index (χ0v) is 12.4. The number of carbonyl (C=O) groups is 1. The first kappa shape index (κ1) is 14.1. The number of hydrogen-bond donors (Lipinski definition) is 0. The van der Waals surface area contributed by atoms with Crippen molar-refractivity contribution in [3.05, 3.63) is 41.6 Å². The molecule has 0 amide bonds. The van der Waals surface area contributed by atoms with Crippen molar-refractivity contribution in [2.75, 3.05) is 14.2 Å². The minimum absolute atomic E-state index is 0.386. The van der Waals surface area contributed by atoms with Crippen LogP contribution >= 0.6 is 0 Å². The van der Waals surface area contributed by atoms with E-state index in [4.69, 9.17) is 9.15 Å². The van der Waals surface area contributed by atoms with Crippen LogP contribution in [0.3, 0.4) is 0 Å². The molecule has 3 rings (SSSR count). The fourth-order valence-electron chi connectivity index (χ4n) is 2.14. The van der Waals surface area contributed by atoms with Crippen molar-refractivity contribution < 1.29 is 18.7 Å². The lowest BCUT2D eigenvalue weighted by Gasteiger charge is -2.00. The molecule has 0 aliphatic carbocycles. The van der Waals surface area contributed by atoms with E-state index in [1.54, 1.807) is 37.4 Å². The minimum atomic E-state index is -0.386. The van der Waals surface area contributed by atoms with Crippen molar-refractivity contribution in [1.29, 1.82) is 0 Å². The Labute approximate surface area is 126 Å². The highest BCUT2D eigenvalue weighted by Gasteiger charge is 2.15. The number of hydrogen-bond acceptors (Lipinski definition) is 6. The van der Waals surface area contributed by atoms with Gasteiger partial charge in [-0.1, -0.05) is 0 Å². The Hall–Kier alpha value is -2.89. The lowest BCUT2D eigenvalue weighted by atomic mass is 10.1. The third-order valence-electron chi connectivity index (χ3n) is 3.23. The zero-order chi connectivity index (χ0) is 15.7. The molecule has 0 saturated heterocycles. The highest BCUT2D eigenvalue weighted by atomic mass is 16.5. The fourth-order valence-corrected chi connectivity index (χ4v) is 2.14. The molecule has 0 bridgehead atoms. The van der Waals surface area contributed by atoms with E-state index in [0.29, 0.717) is 28.4 Å². The number of aromatic nitrogens is 2. The molecule has 0 saturated carbocycles. The Morgan fingerprint density at radius 3 is 2.50 bits per heavy atom. The maximum Gasteiger partial charge on any atom is 0.337 e. The largest absolute Gasteiger partial charge is 0.493 e. The monoisotopic (exact) mass is 298 g/mol. The number of aryl methyl sites for hydroxylation is 1. The van der Waals surface area contributed by atoms with Crippen molar-refractivity contribution in [2.24, 2.45) is 0 Å². The molecule has 0 radical (unpaired) electrons. The van der Waals surface area contributed by atoms with Gasteiger partial charge in [0.25, 0.3) is 0 Å². The summed E-state index contributed by atoms with van der Waals surface area (Å²) in [5.74, 6) is 0.623. The second-order valence-electron chi connectivity index (χ2n) is 4.71. The summed E-state index contributed by atoms with van der Waals surface area (Å²) in [6.07, 6.45) is 0. The van der Waals surface area contributed by atoms with Crippen molar-refractivity contribution in [3.63, 3.8) is 0 Å². The van der Waals surface area contributed by atoms with E-state index in [9.17, 15) is 4.79 Å². The van der Waals surface area contributed by atoms with Gasteiger partial charge in [0.15, 0.2) is 5.75 Å². The van der Waals surface area contributed by atoms with Crippen molar-refractivity contribution in [2.45, 2.75) is 6.92 Å². The number of ether oxygens (including phenoxy) is 2. The third-order valence-corrected chi connectivity index (χ3v) is 3.23. The molecule has 0 fully saturated rings. The highest BCUT2D eigenvalue weighted by Crippen LogP contribution is 2.30. The van der Waals surface area contributed by atoms with Crippen LogP contribution in [-0.4, -0.2) is 30.2 Å². The molecule has 0 N–H and O–H groups in total. The predicted molar refractivity (Wildman–Crippen MR) is 79.9 cm³/mol.